The summed E-state index contributed by atoms with van der Waals surface area (Å²) in [6, 6.07) is 0. The molecule has 29 heavy (non-hydrogen) atoms. The average Bonchev–Trinajstić information content (AvgIpc) is 2.92. The molecule has 0 N–H and O–H groups in total. The fraction of sp³-hybridized carbons (Fsp3) is 0.926. The van der Waals surface area contributed by atoms with Crippen molar-refractivity contribution < 1.29 is 9.59 Å². The first-order chi connectivity index (χ1) is 13.8. The molecule has 160 valence electrons. The highest BCUT2D eigenvalue weighted by Crippen LogP contribution is 2.81. The number of Topliss-reactive ketones (excluding diaryl/α,β-unsaturated/α-hetero) is 2. The zero-order valence-electron chi connectivity index (χ0n) is 18.8. The quantitative estimate of drug-likeness (QED) is 0.527. The summed E-state index contributed by atoms with van der Waals surface area (Å²) < 4.78 is 0. The number of hydrogen-bond acceptors (Lipinski definition) is 2. The molecule has 0 aliphatic heterocycles. The molecule has 6 rings (SSSR count). The molecular formula is C27H40O2. The van der Waals surface area contributed by atoms with Gasteiger partial charge < -0.3 is 0 Å². The molecule has 0 aromatic carbocycles. The van der Waals surface area contributed by atoms with Gasteiger partial charge in [0.05, 0.1) is 0 Å². The van der Waals surface area contributed by atoms with E-state index in [4.69, 9.17) is 0 Å². The Labute approximate surface area is 177 Å². The van der Waals surface area contributed by atoms with E-state index in [0.29, 0.717) is 34.7 Å². The molecule has 6 fully saturated rings. The fourth-order valence-electron chi connectivity index (χ4n) is 11.4. The van der Waals surface area contributed by atoms with Crippen molar-refractivity contribution in [2.24, 2.45) is 57.7 Å². The van der Waals surface area contributed by atoms with Gasteiger partial charge in [-0.1, -0.05) is 26.7 Å². The van der Waals surface area contributed by atoms with Crippen molar-refractivity contribution in [3.05, 3.63) is 0 Å². The second-order valence-corrected chi connectivity index (χ2v) is 12.7. The highest BCUT2D eigenvalue weighted by Gasteiger charge is 2.78. The standard InChI is InChI=1S/C27H40O2/c1-16(28)27-22-7-5-4-6-19(22)24(27)15-23-20-9-8-17-14-18(29)10-12-25(17,2)21(20)11-13-26(23,27)3/h17,19-24H,4-15H2,1-3H3/t17?,19?,20-,21+,22?,23+,24?,25+,26+,27-/m1/s1. The molecule has 6 saturated carbocycles. The van der Waals surface area contributed by atoms with Gasteiger partial charge in [-0.15, -0.1) is 0 Å². The van der Waals surface area contributed by atoms with Gasteiger partial charge >= 0.3 is 0 Å². The zero-order valence-corrected chi connectivity index (χ0v) is 18.8. The Morgan fingerprint density at radius 2 is 1.62 bits per heavy atom. The Balaban J connectivity index is 1.38. The Bertz CT molecular complexity index is 756. The minimum atomic E-state index is 0.0218. The van der Waals surface area contributed by atoms with Gasteiger partial charge in [0.1, 0.15) is 11.6 Å². The summed E-state index contributed by atoms with van der Waals surface area (Å²) in [5.74, 6) is 6.33. The summed E-state index contributed by atoms with van der Waals surface area (Å²) in [5, 5.41) is 0. The highest BCUT2D eigenvalue weighted by molar-refractivity contribution is 5.86. The van der Waals surface area contributed by atoms with Crippen molar-refractivity contribution >= 4 is 11.6 Å². The minimum Gasteiger partial charge on any atom is -0.300 e. The van der Waals surface area contributed by atoms with Gasteiger partial charge in [0.2, 0.25) is 0 Å². The third-order valence-corrected chi connectivity index (χ3v) is 12.4. The van der Waals surface area contributed by atoms with E-state index >= 15 is 0 Å². The lowest BCUT2D eigenvalue weighted by Gasteiger charge is -2.67. The first-order valence-electron chi connectivity index (χ1n) is 12.9. The van der Waals surface area contributed by atoms with Gasteiger partial charge in [0, 0.05) is 18.3 Å². The summed E-state index contributed by atoms with van der Waals surface area (Å²) >= 11 is 0. The van der Waals surface area contributed by atoms with E-state index in [1.165, 1.54) is 57.8 Å². The molecule has 6 aliphatic rings. The first kappa shape index (κ1) is 19.1. The van der Waals surface area contributed by atoms with Crippen molar-refractivity contribution in [1.82, 2.24) is 0 Å². The first-order valence-corrected chi connectivity index (χ1v) is 12.9. The van der Waals surface area contributed by atoms with Crippen LogP contribution < -0.4 is 0 Å². The number of fused-ring (bicyclic) bond motifs is 10. The molecule has 0 amide bonds. The van der Waals surface area contributed by atoms with Gasteiger partial charge in [-0.25, -0.2) is 0 Å². The summed E-state index contributed by atoms with van der Waals surface area (Å²) in [4.78, 5) is 25.6. The predicted octanol–water partition coefficient (Wildman–Crippen LogP) is 6.22. The van der Waals surface area contributed by atoms with E-state index in [1.807, 2.05) is 6.92 Å². The highest BCUT2D eigenvalue weighted by atomic mass is 16.1. The SMILES string of the molecule is CC(=O)[C@@]12C3CCCCC3C1C[C@H]1[C@@H]3CCC4CC(=O)CC[C@]4(C)[C@H]3CC[C@@]12C. The van der Waals surface area contributed by atoms with E-state index in [-0.39, 0.29) is 10.8 Å². The normalized spacial score (nSPS) is 58.2. The van der Waals surface area contributed by atoms with Crippen LogP contribution in [0.2, 0.25) is 0 Å². The molecule has 6 aliphatic carbocycles. The molecule has 0 heterocycles. The van der Waals surface area contributed by atoms with E-state index in [1.54, 1.807) is 0 Å². The smallest absolute Gasteiger partial charge is 0.137 e. The van der Waals surface area contributed by atoms with Crippen LogP contribution in [0.3, 0.4) is 0 Å². The lowest BCUT2D eigenvalue weighted by Crippen LogP contribution is -2.66. The van der Waals surface area contributed by atoms with Gasteiger partial charge in [0.15, 0.2) is 0 Å². The summed E-state index contributed by atoms with van der Waals surface area (Å²) in [7, 11) is 0. The number of carbonyl (C=O) groups excluding carboxylic acids is 2. The topological polar surface area (TPSA) is 34.1 Å². The van der Waals surface area contributed by atoms with E-state index in [0.717, 1.165) is 42.9 Å². The van der Waals surface area contributed by atoms with Crippen LogP contribution in [0.1, 0.15) is 97.8 Å². The van der Waals surface area contributed by atoms with Crippen LogP contribution in [-0.2, 0) is 9.59 Å². The van der Waals surface area contributed by atoms with E-state index in [2.05, 4.69) is 13.8 Å². The van der Waals surface area contributed by atoms with Crippen LogP contribution in [-0.4, -0.2) is 11.6 Å². The number of ketones is 2. The molecular weight excluding hydrogens is 356 g/mol. The average molecular weight is 397 g/mol. The Morgan fingerprint density at radius 3 is 2.41 bits per heavy atom. The lowest BCUT2D eigenvalue weighted by molar-refractivity contribution is -0.204. The zero-order chi connectivity index (χ0) is 20.2. The molecule has 0 aromatic rings. The van der Waals surface area contributed by atoms with Crippen LogP contribution in [0.25, 0.3) is 0 Å². The number of hydrogen-bond donors (Lipinski definition) is 0. The molecule has 0 bridgehead atoms. The van der Waals surface area contributed by atoms with Gasteiger partial charge in [-0.3, -0.25) is 9.59 Å². The lowest BCUT2D eigenvalue weighted by atomic mass is 9.35. The van der Waals surface area contributed by atoms with Gasteiger partial charge in [-0.2, -0.15) is 0 Å². The largest absolute Gasteiger partial charge is 0.300 e. The molecule has 4 unspecified atom stereocenters. The van der Waals surface area contributed by atoms with Gasteiger partial charge in [0.25, 0.3) is 0 Å². The van der Waals surface area contributed by atoms with Crippen molar-refractivity contribution in [3.63, 3.8) is 0 Å². The number of rotatable bonds is 1. The minimum absolute atomic E-state index is 0.0218. The molecule has 2 nitrogen and oxygen atoms in total. The third-order valence-electron chi connectivity index (χ3n) is 12.4. The Hall–Kier alpha value is -0.660. The Morgan fingerprint density at radius 1 is 0.862 bits per heavy atom. The molecule has 0 radical (unpaired) electrons. The molecule has 0 spiro atoms. The fourth-order valence-corrected chi connectivity index (χ4v) is 11.4. The van der Waals surface area contributed by atoms with Crippen molar-refractivity contribution in [3.8, 4) is 0 Å². The van der Waals surface area contributed by atoms with Gasteiger partial charge in [-0.05, 0) is 111 Å². The van der Waals surface area contributed by atoms with Crippen LogP contribution in [0, 0.1) is 57.7 Å². The maximum Gasteiger partial charge on any atom is 0.137 e. The van der Waals surface area contributed by atoms with Crippen LogP contribution in [0.15, 0.2) is 0 Å². The summed E-state index contributed by atoms with van der Waals surface area (Å²) in [6.45, 7) is 7.08. The van der Waals surface area contributed by atoms with Crippen LogP contribution >= 0.6 is 0 Å². The second kappa shape index (κ2) is 5.98. The maximum absolute atomic E-state index is 13.4. The summed E-state index contributed by atoms with van der Waals surface area (Å²) in [5.41, 5.74) is 0.654. The van der Waals surface area contributed by atoms with Crippen molar-refractivity contribution in [2.45, 2.75) is 97.8 Å². The summed E-state index contributed by atoms with van der Waals surface area (Å²) in [6.07, 6.45) is 14.8. The van der Waals surface area contributed by atoms with E-state index in [9.17, 15) is 9.59 Å². The second-order valence-electron chi connectivity index (χ2n) is 12.7. The monoisotopic (exact) mass is 396 g/mol. The maximum atomic E-state index is 13.4. The van der Waals surface area contributed by atoms with Crippen molar-refractivity contribution in [1.29, 1.82) is 0 Å². The Kier molecular flexibility index (Phi) is 3.93. The van der Waals surface area contributed by atoms with Crippen LogP contribution in [0.4, 0.5) is 0 Å². The predicted molar refractivity (Wildman–Crippen MR) is 114 cm³/mol. The molecule has 0 aromatic heterocycles. The molecule has 10 atom stereocenters. The van der Waals surface area contributed by atoms with Crippen molar-refractivity contribution in [2.75, 3.05) is 0 Å². The van der Waals surface area contributed by atoms with Crippen LogP contribution in [0.5, 0.6) is 0 Å². The van der Waals surface area contributed by atoms with E-state index < -0.39 is 0 Å². The number of carbonyl (C=O) groups is 2. The third kappa shape index (κ3) is 2.06. The molecule has 0 saturated heterocycles. The molecule has 2 heteroatoms.